The fraction of sp³-hybridized carbons (Fsp3) is 0.971. The van der Waals surface area contributed by atoms with Crippen molar-refractivity contribution < 1.29 is 59.5 Å². The molecule has 7 aliphatic rings. The second-order valence-electron chi connectivity index (χ2n) is 17.2. The summed E-state index contributed by atoms with van der Waals surface area (Å²) in [5, 5.41) is 77.2. The molecule has 0 bridgehead atoms. The van der Waals surface area contributed by atoms with Crippen LogP contribution in [0.2, 0.25) is 0 Å². The average Bonchev–Trinajstić information content (AvgIpc) is 3.61. The van der Waals surface area contributed by atoms with Gasteiger partial charge in [0.25, 0.3) is 0 Å². The molecular formula is C35H56O12. The van der Waals surface area contributed by atoms with E-state index in [1.807, 2.05) is 6.92 Å². The Balaban J connectivity index is 1.15. The third kappa shape index (κ3) is 4.24. The van der Waals surface area contributed by atoms with E-state index >= 15 is 0 Å². The van der Waals surface area contributed by atoms with Gasteiger partial charge in [0.15, 0.2) is 12.6 Å². The zero-order chi connectivity index (χ0) is 34.3. The quantitative estimate of drug-likeness (QED) is 0.209. The van der Waals surface area contributed by atoms with Crippen LogP contribution in [0.4, 0.5) is 0 Å². The number of ketones is 1. The van der Waals surface area contributed by atoms with Crippen molar-refractivity contribution in [2.45, 2.75) is 152 Å². The Kier molecular flexibility index (Phi) is 8.02. The van der Waals surface area contributed by atoms with Crippen molar-refractivity contribution in [2.24, 2.45) is 45.8 Å². The van der Waals surface area contributed by atoms with Gasteiger partial charge in [-0.25, -0.2) is 0 Å². The van der Waals surface area contributed by atoms with Gasteiger partial charge in [-0.2, -0.15) is 0 Å². The van der Waals surface area contributed by atoms with Gasteiger partial charge in [0.1, 0.15) is 41.4 Å². The molecule has 7 N–H and O–H groups in total. The van der Waals surface area contributed by atoms with Gasteiger partial charge >= 0.3 is 0 Å². The SMILES string of the molecule is CO[C@]1(C)C[C@H]([C@@H](C)[C@@]2(O)CC[C@H]3[C@@H]4C[C@@H](O)[C@]56C[C@H]5CC(=O)[C@]6(C)[C@H]4CC[C@@]32C)O[C@@H](O[C@@H]2O[C@H](CO)[C@@H](O)[C@H](O)[C@H]2O)[C@@]1(C)O. The lowest BCUT2D eigenvalue weighted by Gasteiger charge is -2.61. The largest absolute Gasteiger partial charge is 0.394 e. The van der Waals surface area contributed by atoms with Gasteiger partial charge in [0, 0.05) is 36.7 Å². The smallest absolute Gasteiger partial charge is 0.192 e. The van der Waals surface area contributed by atoms with Crippen LogP contribution in [0.1, 0.15) is 86.0 Å². The lowest BCUT2D eigenvalue weighted by molar-refractivity contribution is -0.402. The summed E-state index contributed by atoms with van der Waals surface area (Å²) < 4.78 is 24.0. The maximum Gasteiger partial charge on any atom is 0.192 e. The first-order valence-corrected chi connectivity index (χ1v) is 17.7. The third-order valence-electron chi connectivity index (χ3n) is 15.9. The first-order chi connectivity index (χ1) is 21.9. The molecule has 0 radical (unpaired) electrons. The van der Waals surface area contributed by atoms with Crippen LogP contribution in [0.3, 0.4) is 0 Å². The fourth-order valence-electron chi connectivity index (χ4n) is 12.4. The minimum Gasteiger partial charge on any atom is -0.394 e. The van der Waals surface area contributed by atoms with E-state index in [1.54, 1.807) is 6.92 Å². The van der Waals surface area contributed by atoms with Crippen molar-refractivity contribution in [1.29, 1.82) is 0 Å². The third-order valence-corrected chi connectivity index (χ3v) is 15.9. The summed E-state index contributed by atoms with van der Waals surface area (Å²) in [6, 6.07) is 0. The molecule has 7 fully saturated rings. The molecule has 0 aromatic rings. The lowest BCUT2D eigenvalue weighted by Crippen LogP contribution is -2.70. The summed E-state index contributed by atoms with van der Waals surface area (Å²) in [7, 11) is 1.48. The Morgan fingerprint density at radius 2 is 1.62 bits per heavy atom. The zero-order valence-corrected chi connectivity index (χ0v) is 28.5. The molecule has 0 aromatic heterocycles. The van der Waals surface area contributed by atoms with Crippen LogP contribution < -0.4 is 0 Å². The molecule has 2 heterocycles. The van der Waals surface area contributed by atoms with Gasteiger partial charge in [-0.3, -0.25) is 4.79 Å². The Hall–Kier alpha value is -0.770. The Bertz CT molecular complexity index is 1260. The van der Waals surface area contributed by atoms with Crippen molar-refractivity contribution >= 4 is 5.78 Å². The first-order valence-electron chi connectivity index (χ1n) is 17.7. The monoisotopic (exact) mass is 668 g/mol. The maximum atomic E-state index is 13.5. The highest BCUT2D eigenvalue weighted by atomic mass is 16.8. The summed E-state index contributed by atoms with van der Waals surface area (Å²) in [5.74, 6) is 0.583. The van der Waals surface area contributed by atoms with Crippen LogP contribution in [0.5, 0.6) is 0 Å². The van der Waals surface area contributed by atoms with E-state index in [0.717, 1.165) is 25.7 Å². The lowest BCUT2D eigenvalue weighted by atomic mass is 9.44. The van der Waals surface area contributed by atoms with E-state index in [0.29, 0.717) is 31.0 Å². The van der Waals surface area contributed by atoms with Gasteiger partial charge in [0.2, 0.25) is 0 Å². The molecule has 2 aliphatic heterocycles. The van der Waals surface area contributed by atoms with E-state index in [1.165, 1.54) is 14.0 Å². The van der Waals surface area contributed by atoms with Crippen LogP contribution >= 0.6 is 0 Å². The first kappa shape index (κ1) is 34.7. The summed E-state index contributed by atoms with van der Waals surface area (Å²) in [4.78, 5) is 13.5. The second-order valence-corrected chi connectivity index (χ2v) is 17.2. The maximum absolute atomic E-state index is 13.5. The minimum absolute atomic E-state index is 0.116. The molecule has 268 valence electrons. The highest BCUT2D eigenvalue weighted by Crippen LogP contribution is 2.81. The van der Waals surface area contributed by atoms with Crippen molar-refractivity contribution in [3.63, 3.8) is 0 Å². The molecule has 47 heavy (non-hydrogen) atoms. The fourth-order valence-corrected chi connectivity index (χ4v) is 12.4. The molecule has 7 rings (SSSR count). The molecule has 12 nitrogen and oxygen atoms in total. The second kappa shape index (κ2) is 10.9. The number of Topliss-reactive ketones (excluding diaryl/α,β-unsaturated/α-hetero) is 1. The Morgan fingerprint density at radius 3 is 2.28 bits per heavy atom. The standard InChI is InChI=1S/C35H56O12/c1-16(21-14-31(3,44-6)33(5,42)29(46-21)47-28-27(41)26(40)25(39)22(15-36)45-28)35(43)10-8-19-18-12-24(38)34-13-17(34)11-23(37)32(34,4)20(18)7-9-30(19,35)2/h16-22,24-29,36,38-43H,7-15H2,1-6H3/t16-,17-,18+,19+,20+,21-,22-,24-,25-,26+,27-,28+,29+,30+,31-,32+,33-,34+,35+/m1/s1. The van der Waals surface area contributed by atoms with Gasteiger partial charge in [-0.1, -0.05) is 20.8 Å². The van der Waals surface area contributed by atoms with E-state index in [-0.39, 0.29) is 29.6 Å². The number of aliphatic hydroxyl groups is 7. The summed E-state index contributed by atoms with van der Waals surface area (Å²) >= 11 is 0. The van der Waals surface area contributed by atoms with Gasteiger partial charge in [-0.15, -0.1) is 0 Å². The molecule has 1 spiro atoms. The van der Waals surface area contributed by atoms with E-state index in [2.05, 4.69) is 13.8 Å². The van der Waals surface area contributed by atoms with Crippen LogP contribution in [0, 0.1) is 45.8 Å². The molecule has 5 aliphatic carbocycles. The minimum atomic E-state index is -1.78. The number of ether oxygens (including phenoxy) is 4. The van der Waals surface area contributed by atoms with Crippen molar-refractivity contribution in [2.75, 3.05) is 13.7 Å². The van der Waals surface area contributed by atoms with E-state index < -0.39 is 89.4 Å². The molecule has 0 amide bonds. The number of fused-ring (bicyclic) bond motifs is 4. The number of aliphatic hydroxyl groups excluding tert-OH is 5. The van der Waals surface area contributed by atoms with Crippen molar-refractivity contribution in [1.82, 2.24) is 0 Å². The number of carbonyl (C=O) groups excluding carboxylic acids is 1. The normalized spacial score (nSPS) is 60.7. The highest BCUT2D eigenvalue weighted by molar-refractivity contribution is 5.91. The average molecular weight is 669 g/mol. The van der Waals surface area contributed by atoms with Gasteiger partial charge in [-0.05, 0) is 81.5 Å². The molecular weight excluding hydrogens is 612 g/mol. The number of methoxy groups -OCH3 is 1. The molecule has 19 atom stereocenters. The van der Waals surface area contributed by atoms with Crippen LogP contribution in [0.25, 0.3) is 0 Å². The molecule has 12 heteroatoms. The molecule has 5 saturated carbocycles. The van der Waals surface area contributed by atoms with Crippen LogP contribution in [0.15, 0.2) is 0 Å². The predicted molar refractivity (Wildman–Crippen MR) is 164 cm³/mol. The van der Waals surface area contributed by atoms with Crippen molar-refractivity contribution in [3.8, 4) is 0 Å². The molecule has 2 saturated heterocycles. The van der Waals surface area contributed by atoms with Crippen molar-refractivity contribution in [3.05, 3.63) is 0 Å². The topological polar surface area (TPSA) is 196 Å². The molecule has 0 unspecified atom stereocenters. The summed E-state index contributed by atoms with van der Waals surface area (Å²) in [6.45, 7) is 8.82. The van der Waals surface area contributed by atoms with Crippen LogP contribution in [-0.4, -0.2) is 121 Å². The summed E-state index contributed by atoms with van der Waals surface area (Å²) in [6.07, 6.45) is -5.07. The van der Waals surface area contributed by atoms with E-state index in [4.69, 9.17) is 18.9 Å². The number of carbonyl (C=O) groups is 1. The highest BCUT2D eigenvalue weighted by Gasteiger charge is 2.81. The van der Waals surface area contributed by atoms with E-state index in [9.17, 15) is 40.5 Å². The predicted octanol–water partition coefficient (Wildman–Crippen LogP) is 0.634. The number of hydrogen-bond donors (Lipinski definition) is 7. The van der Waals surface area contributed by atoms with Gasteiger partial charge in [0.05, 0.1) is 24.4 Å². The van der Waals surface area contributed by atoms with Crippen LogP contribution in [-0.2, 0) is 23.7 Å². The molecule has 0 aromatic carbocycles. The Morgan fingerprint density at radius 1 is 0.936 bits per heavy atom. The number of hydrogen-bond acceptors (Lipinski definition) is 12. The number of rotatable bonds is 6. The van der Waals surface area contributed by atoms with Gasteiger partial charge < -0.3 is 54.7 Å². The Labute approximate surface area is 276 Å². The summed E-state index contributed by atoms with van der Waals surface area (Å²) in [5.41, 5.74) is -5.48. The zero-order valence-electron chi connectivity index (χ0n) is 28.5.